The maximum Gasteiger partial charge on any atom is 0.319 e. The lowest BCUT2D eigenvalue weighted by Gasteiger charge is -2.35. The number of halogens is 2. The Hall–Kier alpha value is -3.76. The molecular weight excluding hydrogens is 533 g/mol. The number of hydrogen-bond acceptors (Lipinski definition) is 7. The molecule has 2 aromatic heterocycles. The van der Waals surface area contributed by atoms with Crippen LogP contribution in [-0.4, -0.2) is 88.3 Å². The monoisotopic (exact) mass is 563 g/mol. The number of likely N-dealkylation sites (tertiary alicyclic amines) is 1. The number of fused-ring (bicyclic) bond motifs is 2. The summed E-state index contributed by atoms with van der Waals surface area (Å²) < 4.78 is 22.7. The van der Waals surface area contributed by atoms with Gasteiger partial charge >= 0.3 is 6.01 Å². The first-order valence-corrected chi connectivity index (χ1v) is 13.9. The van der Waals surface area contributed by atoms with Crippen molar-refractivity contribution in [3.63, 3.8) is 0 Å². The van der Waals surface area contributed by atoms with Crippen LogP contribution in [0.15, 0.2) is 37.1 Å². The van der Waals surface area contributed by atoms with Crippen LogP contribution in [0.2, 0.25) is 5.02 Å². The molecule has 0 unspecified atom stereocenters. The van der Waals surface area contributed by atoms with Gasteiger partial charge in [-0.05, 0) is 51.1 Å². The molecule has 208 valence electrons. The standard InChI is InChI=1S/C29H31ClFN7O2/c1-4-22(39)37-10-12-38(13-11-37)28-20-14-21(30)24(23-17(2)7-8-18-15-32-35-26(18)23)25(31)27(20)33-29(34-28)40-16-19-6-5-9-36(19)3/h4,7-8,14-15,19H,1,5-6,9-13,16H2,2-3H3,(H,32,35)/t19-/m0/s1. The fourth-order valence-electron chi connectivity index (χ4n) is 5.76. The van der Waals surface area contributed by atoms with Crippen LogP contribution in [0.25, 0.3) is 32.9 Å². The molecule has 9 nitrogen and oxygen atoms in total. The molecule has 1 amide bonds. The van der Waals surface area contributed by atoms with Crippen LogP contribution < -0.4 is 9.64 Å². The summed E-state index contributed by atoms with van der Waals surface area (Å²) in [5.41, 5.74) is 2.60. The molecule has 0 bridgehead atoms. The molecule has 4 heterocycles. The number of H-pyrrole nitrogens is 1. The van der Waals surface area contributed by atoms with Crippen molar-refractivity contribution in [1.29, 1.82) is 0 Å². The van der Waals surface area contributed by atoms with Crippen LogP contribution in [0.4, 0.5) is 10.2 Å². The maximum atomic E-state index is 16.6. The van der Waals surface area contributed by atoms with Crippen molar-refractivity contribution in [2.45, 2.75) is 25.8 Å². The van der Waals surface area contributed by atoms with E-state index in [1.807, 2.05) is 24.0 Å². The SMILES string of the molecule is C=CC(=O)N1CCN(c2nc(OC[C@@H]3CCCN3C)nc3c(F)c(-c4c(C)ccc5cn[nH]c45)c(Cl)cc23)CC1. The van der Waals surface area contributed by atoms with E-state index in [0.717, 1.165) is 30.3 Å². The predicted molar refractivity (Wildman–Crippen MR) is 154 cm³/mol. The number of hydrogen-bond donors (Lipinski definition) is 1. The van der Waals surface area contributed by atoms with Gasteiger partial charge in [0.25, 0.3) is 0 Å². The molecule has 11 heteroatoms. The molecule has 1 N–H and O–H groups in total. The van der Waals surface area contributed by atoms with Crippen LogP contribution in [0.5, 0.6) is 6.01 Å². The molecule has 40 heavy (non-hydrogen) atoms. The lowest BCUT2D eigenvalue weighted by Crippen LogP contribution is -2.48. The number of ether oxygens (including phenoxy) is 1. The van der Waals surface area contributed by atoms with E-state index < -0.39 is 5.82 Å². The number of carbonyl (C=O) groups is 1. The van der Waals surface area contributed by atoms with Gasteiger partial charge < -0.3 is 19.4 Å². The van der Waals surface area contributed by atoms with Gasteiger partial charge in [0.2, 0.25) is 5.91 Å². The summed E-state index contributed by atoms with van der Waals surface area (Å²) in [4.78, 5) is 27.5. The minimum Gasteiger partial charge on any atom is -0.462 e. The number of nitrogens with zero attached hydrogens (tertiary/aromatic N) is 6. The Bertz CT molecular complexity index is 1620. The van der Waals surface area contributed by atoms with Crippen LogP contribution in [-0.2, 0) is 4.79 Å². The zero-order valence-corrected chi connectivity index (χ0v) is 23.3. The number of rotatable bonds is 6. The maximum absolute atomic E-state index is 16.6. The Morgan fingerprint density at radius 2 is 2.02 bits per heavy atom. The van der Waals surface area contributed by atoms with E-state index in [4.69, 9.17) is 21.3 Å². The van der Waals surface area contributed by atoms with Crippen LogP contribution in [0.3, 0.4) is 0 Å². The fraction of sp³-hybridized carbons (Fsp3) is 0.379. The highest BCUT2D eigenvalue weighted by Gasteiger charge is 2.28. The van der Waals surface area contributed by atoms with Gasteiger partial charge in [0.1, 0.15) is 17.9 Å². The smallest absolute Gasteiger partial charge is 0.319 e. The topological polar surface area (TPSA) is 90.5 Å². The Morgan fingerprint density at radius 1 is 1.23 bits per heavy atom. The summed E-state index contributed by atoms with van der Waals surface area (Å²) in [7, 11) is 2.07. The van der Waals surface area contributed by atoms with Gasteiger partial charge in [0.05, 0.1) is 16.7 Å². The van der Waals surface area contributed by atoms with E-state index in [-0.39, 0.29) is 34.1 Å². The van der Waals surface area contributed by atoms with Crippen molar-refractivity contribution in [3.8, 4) is 17.1 Å². The zero-order chi connectivity index (χ0) is 28.0. The largest absolute Gasteiger partial charge is 0.462 e. The molecule has 0 spiro atoms. The molecule has 2 aromatic carbocycles. The lowest BCUT2D eigenvalue weighted by molar-refractivity contribution is -0.126. The summed E-state index contributed by atoms with van der Waals surface area (Å²) in [6.45, 7) is 8.96. The second-order valence-corrected chi connectivity index (χ2v) is 10.9. The van der Waals surface area contributed by atoms with Crippen molar-refractivity contribution < 1.29 is 13.9 Å². The average molecular weight is 564 g/mol. The Labute approximate surface area is 236 Å². The quantitative estimate of drug-likeness (QED) is 0.343. The van der Waals surface area contributed by atoms with Gasteiger partial charge in [0, 0.05) is 54.1 Å². The Morgan fingerprint density at radius 3 is 2.75 bits per heavy atom. The number of benzene rings is 2. The van der Waals surface area contributed by atoms with Crippen LogP contribution >= 0.6 is 11.6 Å². The number of aryl methyl sites for hydroxylation is 1. The second kappa shape index (κ2) is 10.7. The summed E-state index contributed by atoms with van der Waals surface area (Å²) >= 11 is 6.83. The number of amides is 1. The first-order chi connectivity index (χ1) is 19.4. The third kappa shape index (κ3) is 4.65. The molecule has 2 aliphatic rings. The first-order valence-electron chi connectivity index (χ1n) is 13.5. The van der Waals surface area contributed by atoms with Crippen molar-refractivity contribution in [2.24, 2.45) is 0 Å². The number of nitrogens with one attached hydrogen (secondary N) is 1. The highest BCUT2D eigenvalue weighted by molar-refractivity contribution is 6.35. The summed E-state index contributed by atoms with van der Waals surface area (Å²) in [6.07, 6.45) is 5.16. The van der Waals surface area contributed by atoms with Crippen molar-refractivity contribution >= 4 is 45.1 Å². The van der Waals surface area contributed by atoms with Gasteiger partial charge in [-0.3, -0.25) is 9.89 Å². The molecule has 6 rings (SSSR count). The summed E-state index contributed by atoms with van der Waals surface area (Å²) in [5, 5.41) is 8.75. The highest BCUT2D eigenvalue weighted by atomic mass is 35.5. The van der Waals surface area contributed by atoms with E-state index in [1.54, 1.807) is 17.2 Å². The van der Waals surface area contributed by atoms with E-state index in [9.17, 15) is 4.79 Å². The predicted octanol–water partition coefficient (Wildman–Crippen LogP) is 4.58. The van der Waals surface area contributed by atoms with Gasteiger partial charge in [-0.25, -0.2) is 4.39 Å². The normalized spacial score (nSPS) is 18.1. The van der Waals surface area contributed by atoms with Crippen LogP contribution in [0.1, 0.15) is 18.4 Å². The van der Waals surface area contributed by atoms with Gasteiger partial charge in [-0.15, -0.1) is 0 Å². The number of carbonyl (C=O) groups excluding carboxylic acids is 1. The molecule has 2 saturated heterocycles. The Balaban J connectivity index is 1.47. The number of aromatic amines is 1. The van der Waals surface area contributed by atoms with Gasteiger partial charge in [-0.2, -0.15) is 15.1 Å². The molecule has 0 aliphatic carbocycles. The minimum atomic E-state index is -0.542. The molecule has 2 fully saturated rings. The molecule has 1 atom stereocenters. The molecular formula is C29H31ClFN7O2. The zero-order valence-electron chi connectivity index (χ0n) is 22.6. The molecule has 4 aromatic rings. The van der Waals surface area contributed by atoms with Gasteiger partial charge in [-0.1, -0.05) is 30.3 Å². The van der Waals surface area contributed by atoms with E-state index in [2.05, 4.69) is 33.7 Å². The first kappa shape index (κ1) is 26.5. The lowest BCUT2D eigenvalue weighted by atomic mass is 9.96. The van der Waals surface area contributed by atoms with E-state index in [0.29, 0.717) is 55.1 Å². The highest BCUT2D eigenvalue weighted by Crippen LogP contribution is 2.42. The van der Waals surface area contributed by atoms with E-state index >= 15 is 4.39 Å². The van der Waals surface area contributed by atoms with E-state index in [1.165, 1.54) is 6.08 Å². The van der Waals surface area contributed by atoms with Gasteiger partial charge in [0.15, 0.2) is 5.82 Å². The average Bonchev–Trinajstić information content (AvgIpc) is 3.61. The third-order valence-corrected chi connectivity index (χ3v) is 8.36. The van der Waals surface area contributed by atoms with Crippen LogP contribution in [0, 0.1) is 12.7 Å². The Kier molecular flexibility index (Phi) is 7.06. The molecule has 2 aliphatic heterocycles. The number of piperazine rings is 1. The minimum absolute atomic E-state index is 0.112. The van der Waals surface area contributed by atoms with Crippen molar-refractivity contribution in [3.05, 3.63) is 53.5 Å². The van der Waals surface area contributed by atoms with Crippen molar-refractivity contribution in [2.75, 3.05) is 51.3 Å². The summed E-state index contributed by atoms with van der Waals surface area (Å²) in [5.74, 6) is -0.118. The second-order valence-electron chi connectivity index (χ2n) is 10.5. The molecule has 0 radical (unpaired) electrons. The van der Waals surface area contributed by atoms with Crippen molar-refractivity contribution in [1.82, 2.24) is 30.0 Å². The third-order valence-electron chi connectivity index (χ3n) is 8.06. The fourth-order valence-corrected chi connectivity index (χ4v) is 6.05. The summed E-state index contributed by atoms with van der Waals surface area (Å²) in [6, 6.07) is 5.97. The number of anilines is 1. The number of likely N-dealkylation sites (N-methyl/N-ethyl adjacent to an activating group) is 1. The molecule has 0 saturated carbocycles. The number of aromatic nitrogens is 4.